The van der Waals surface area contributed by atoms with E-state index in [1.165, 1.54) is 26.0 Å². The van der Waals surface area contributed by atoms with Crippen molar-refractivity contribution in [2.75, 3.05) is 0 Å². The second kappa shape index (κ2) is 6.39. The van der Waals surface area contributed by atoms with Crippen LogP contribution in [0, 0.1) is 11.8 Å². The summed E-state index contributed by atoms with van der Waals surface area (Å²) in [6.45, 7) is 2.89. The third-order valence-electron chi connectivity index (χ3n) is 3.83. The molecule has 0 atom stereocenters. The summed E-state index contributed by atoms with van der Waals surface area (Å²) in [5, 5.41) is 0.0617. The number of ether oxygens (including phenoxy) is 1. The topological polar surface area (TPSA) is 56.3 Å². The number of hydrogen-bond donors (Lipinski definition) is 0. The van der Waals surface area contributed by atoms with Crippen molar-refractivity contribution in [3.63, 3.8) is 0 Å². The Labute approximate surface area is 157 Å². The van der Waals surface area contributed by atoms with Crippen LogP contribution < -0.4 is 4.74 Å². The lowest BCUT2D eigenvalue weighted by Crippen LogP contribution is -2.46. The highest BCUT2D eigenvalue weighted by Gasteiger charge is 2.42. The van der Waals surface area contributed by atoms with E-state index in [1.807, 2.05) is 0 Å². The lowest BCUT2D eigenvalue weighted by molar-refractivity contribution is -0.137. The number of alkyl halides is 3. The second-order valence-electron chi connectivity index (χ2n) is 6.26. The number of fused-ring (bicyclic) bond motifs is 1. The fourth-order valence-corrected chi connectivity index (χ4v) is 2.54. The summed E-state index contributed by atoms with van der Waals surface area (Å²) in [5.41, 5.74) is -2.07. The van der Waals surface area contributed by atoms with Crippen LogP contribution in [0.1, 0.15) is 41.0 Å². The van der Waals surface area contributed by atoms with E-state index in [2.05, 4.69) is 16.8 Å². The number of carbonyl (C=O) groups excluding carboxylic acids is 2. The lowest BCUT2D eigenvalue weighted by Gasteiger charge is -2.28. The molecule has 1 aliphatic rings. The molecule has 4 nitrogen and oxygen atoms in total. The number of carbonyl (C=O) groups is 2. The lowest BCUT2D eigenvalue weighted by atomic mass is 9.93. The first kappa shape index (κ1) is 18.9. The number of pyridine rings is 1. The molecule has 8 heteroatoms. The van der Waals surface area contributed by atoms with Gasteiger partial charge in [0.2, 0.25) is 17.4 Å². The highest BCUT2D eigenvalue weighted by molar-refractivity contribution is 6.47. The minimum Gasteiger partial charge on any atom is -0.463 e. The van der Waals surface area contributed by atoms with Crippen LogP contribution in [-0.2, 0) is 11.0 Å². The van der Waals surface area contributed by atoms with Crippen molar-refractivity contribution in [1.29, 1.82) is 0 Å². The van der Waals surface area contributed by atoms with E-state index in [9.17, 15) is 22.8 Å². The molecule has 0 amide bonds. The number of nitrogens with zero attached hydrogens (tertiary/aromatic N) is 1. The Kier molecular flexibility index (Phi) is 4.48. The highest BCUT2D eigenvalue weighted by atomic mass is 35.5. The molecular weight excluding hydrogens is 383 g/mol. The first-order valence-corrected chi connectivity index (χ1v) is 8.05. The Morgan fingerprint density at radius 3 is 2.48 bits per heavy atom. The van der Waals surface area contributed by atoms with Gasteiger partial charge in [0.15, 0.2) is 5.60 Å². The first-order valence-electron chi connectivity index (χ1n) is 7.67. The van der Waals surface area contributed by atoms with Gasteiger partial charge in [-0.2, -0.15) is 13.2 Å². The molecule has 0 N–H and O–H groups in total. The van der Waals surface area contributed by atoms with E-state index in [0.717, 1.165) is 18.2 Å². The molecule has 0 saturated carbocycles. The summed E-state index contributed by atoms with van der Waals surface area (Å²) in [6.07, 6.45) is -4.52. The van der Waals surface area contributed by atoms with E-state index >= 15 is 0 Å². The molecule has 0 spiro atoms. The van der Waals surface area contributed by atoms with E-state index in [0.29, 0.717) is 0 Å². The average Bonchev–Trinajstić information content (AvgIpc) is 2.57. The van der Waals surface area contributed by atoms with Gasteiger partial charge in [-0.05, 0) is 50.1 Å². The van der Waals surface area contributed by atoms with Gasteiger partial charge in [-0.15, -0.1) is 0 Å². The fraction of sp³-hybridized carbons (Fsp3) is 0.211. The quantitative estimate of drug-likeness (QED) is 0.500. The zero-order chi connectivity index (χ0) is 20.0. The SMILES string of the molecule is CC1(C)Oc2nc(C#Cc3cc(C(F)(F)F)ccc3Cl)ccc2C(=O)C1=O. The molecule has 1 aromatic carbocycles. The number of rotatable bonds is 0. The zero-order valence-corrected chi connectivity index (χ0v) is 14.8. The van der Waals surface area contributed by atoms with Crippen LogP contribution >= 0.6 is 11.6 Å². The van der Waals surface area contributed by atoms with Gasteiger partial charge in [-0.1, -0.05) is 17.5 Å². The third-order valence-corrected chi connectivity index (χ3v) is 4.16. The Hall–Kier alpha value is -2.85. The molecule has 0 unspecified atom stereocenters. The molecule has 3 rings (SSSR count). The van der Waals surface area contributed by atoms with Gasteiger partial charge < -0.3 is 4.74 Å². The third kappa shape index (κ3) is 3.67. The summed E-state index contributed by atoms with van der Waals surface area (Å²) in [5.74, 6) is 3.68. The number of halogens is 4. The number of benzene rings is 1. The van der Waals surface area contributed by atoms with E-state index in [-0.39, 0.29) is 27.7 Å². The fourth-order valence-electron chi connectivity index (χ4n) is 2.37. The molecule has 138 valence electrons. The average molecular weight is 394 g/mol. The normalized spacial score (nSPS) is 15.5. The van der Waals surface area contributed by atoms with Crippen LogP contribution in [0.5, 0.6) is 5.88 Å². The summed E-state index contributed by atoms with van der Waals surface area (Å²) in [7, 11) is 0. The Morgan fingerprint density at radius 1 is 1.11 bits per heavy atom. The molecule has 0 fully saturated rings. The number of aromatic nitrogens is 1. The summed E-state index contributed by atoms with van der Waals surface area (Å²) in [6, 6.07) is 5.54. The largest absolute Gasteiger partial charge is 0.463 e. The number of Topliss-reactive ketones (excluding diaryl/α,β-unsaturated/α-hetero) is 2. The molecular formula is C19H11ClF3NO3. The van der Waals surface area contributed by atoms with Crippen LogP contribution in [0.4, 0.5) is 13.2 Å². The molecule has 0 aliphatic carbocycles. The monoisotopic (exact) mass is 393 g/mol. The summed E-state index contributed by atoms with van der Waals surface area (Å²) in [4.78, 5) is 28.1. The van der Waals surface area contributed by atoms with Crippen molar-refractivity contribution in [2.24, 2.45) is 0 Å². The van der Waals surface area contributed by atoms with Crippen LogP contribution in [0.2, 0.25) is 5.02 Å². The maximum atomic E-state index is 12.8. The van der Waals surface area contributed by atoms with Crippen molar-refractivity contribution in [3.05, 3.63) is 57.7 Å². The van der Waals surface area contributed by atoms with Crippen molar-refractivity contribution < 1.29 is 27.5 Å². The van der Waals surface area contributed by atoms with E-state index in [1.54, 1.807) is 0 Å². The molecule has 27 heavy (non-hydrogen) atoms. The Bertz CT molecular complexity index is 1030. The van der Waals surface area contributed by atoms with Gasteiger partial charge >= 0.3 is 6.18 Å². The zero-order valence-electron chi connectivity index (χ0n) is 14.1. The first-order chi connectivity index (χ1) is 12.5. The standard InChI is InChI=1S/C19H11ClF3NO3/c1-18(2)16(26)15(25)13-7-6-12(24-17(13)27-18)5-3-10-9-11(19(21,22)23)4-8-14(10)20/h4,6-9H,1-2H3. The predicted molar refractivity (Wildman–Crippen MR) is 90.7 cm³/mol. The molecule has 1 aliphatic heterocycles. The Morgan fingerprint density at radius 2 is 1.81 bits per heavy atom. The molecule has 0 bridgehead atoms. The summed E-state index contributed by atoms with van der Waals surface area (Å²) >= 11 is 5.90. The van der Waals surface area contributed by atoms with Gasteiger partial charge in [-0.25, -0.2) is 4.98 Å². The minimum absolute atomic E-state index is 0.0153. The smallest absolute Gasteiger partial charge is 0.416 e. The summed E-state index contributed by atoms with van der Waals surface area (Å²) < 4.78 is 43.9. The van der Waals surface area contributed by atoms with Crippen molar-refractivity contribution >= 4 is 23.2 Å². The maximum Gasteiger partial charge on any atom is 0.416 e. The molecule has 2 heterocycles. The van der Waals surface area contributed by atoms with Crippen LogP contribution in [-0.4, -0.2) is 22.2 Å². The molecule has 0 saturated heterocycles. The molecule has 2 aromatic rings. The van der Waals surface area contributed by atoms with Crippen molar-refractivity contribution in [3.8, 4) is 17.7 Å². The molecule has 0 radical (unpaired) electrons. The van der Waals surface area contributed by atoms with Crippen molar-refractivity contribution in [2.45, 2.75) is 25.6 Å². The second-order valence-corrected chi connectivity index (χ2v) is 6.67. The van der Waals surface area contributed by atoms with Gasteiger partial charge in [0.1, 0.15) is 5.69 Å². The van der Waals surface area contributed by atoms with Gasteiger partial charge in [-0.3, -0.25) is 9.59 Å². The van der Waals surface area contributed by atoms with Crippen molar-refractivity contribution in [1.82, 2.24) is 4.98 Å². The van der Waals surface area contributed by atoms with Gasteiger partial charge in [0.05, 0.1) is 16.1 Å². The highest BCUT2D eigenvalue weighted by Crippen LogP contribution is 2.32. The van der Waals surface area contributed by atoms with E-state index in [4.69, 9.17) is 16.3 Å². The number of ketones is 2. The molecule has 1 aromatic heterocycles. The number of hydrogen-bond acceptors (Lipinski definition) is 4. The van der Waals surface area contributed by atoms with Gasteiger partial charge in [0, 0.05) is 5.56 Å². The maximum absolute atomic E-state index is 12.8. The van der Waals surface area contributed by atoms with E-state index < -0.39 is 28.9 Å². The minimum atomic E-state index is -4.52. The van der Waals surface area contributed by atoms with Crippen LogP contribution in [0.3, 0.4) is 0 Å². The van der Waals surface area contributed by atoms with Crippen LogP contribution in [0.25, 0.3) is 0 Å². The predicted octanol–water partition coefficient (Wildman–Crippen LogP) is 4.08. The Balaban J connectivity index is 1.98. The van der Waals surface area contributed by atoms with Gasteiger partial charge in [0.25, 0.3) is 0 Å². The van der Waals surface area contributed by atoms with Crippen LogP contribution in [0.15, 0.2) is 30.3 Å².